The monoisotopic (exact) mass is 186 g/mol. The molecular weight excluding hydrogens is 172 g/mol. The average molecular weight is 186 g/mol. The molecule has 0 aliphatic carbocycles. The van der Waals surface area contributed by atoms with Crippen molar-refractivity contribution < 1.29 is 14.7 Å². The van der Waals surface area contributed by atoms with E-state index in [0.29, 0.717) is 19.5 Å². The Kier molecular flexibility index (Phi) is 2.75. The molecule has 1 heterocycles. The molecule has 1 aliphatic heterocycles. The third-order valence-electron chi connectivity index (χ3n) is 2.30. The molecule has 13 heavy (non-hydrogen) atoms. The molecule has 1 aliphatic rings. The predicted octanol–water partition coefficient (Wildman–Crippen LogP) is 0.217. The molecule has 1 saturated heterocycles. The summed E-state index contributed by atoms with van der Waals surface area (Å²) >= 11 is 0. The Bertz CT molecular complexity index is 229. The van der Waals surface area contributed by atoms with E-state index in [9.17, 15) is 9.59 Å². The van der Waals surface area contributed by atoms with Crippen molar-refractivity contribution in [3.8, 4) is 0 Å². The first-order valence-corrected chi connectivity index (χ1v) is 4.32. The summed E-state index contributed by atoms with van der Waals surface area (Å²) in [6, 6.07) is -0.855. The molecule has 74 valence electrons. The van der Waals surface area contributed by atoms with Gasteiger partial charge in [-0.1, -0.05) is 6.92 Å². The van der Waals surface area contributed by atoms with Crippen LogP contribution in [0, 0.1) is 0 Å². The van der Waals surface area contributed by atoms with Crippen LogP contribution in [0.4, 0.5) is 4.79 Å². The van der Waals surface area contributed by atoms with Crippen LogP contribution in [-0.4, -0.2) is 53.1 Å². The van der Waals surface area contributed by atoms with Crippen LogP contribution in [0.15, 0.2) is 0 Å². The number of amides is 2. The number of hydrogen-bond acceptors (Lipinski definition) is 2. The first kappa shape index (κ1) is 9.83. The van der Waals surface area contributed by atoms with Crippen molar-refractivity contribution >= 4 is 12.0 Å². The van der Waals surface area contributed by atoms with Crippen molar-refractivity contribution in [1.82, 2.24) is 9.80 Å². The highest BCUT2D eigenvalue weighted by atomic mass is 16.4. The SMILES string of the molecule is CC[C@@H](C(=O)O)N1CCN(C)C1=O. The standard InChI is InChI=1S/C8H14N2O3/c1-3-6(7(11)12)10-5-4-9(2)8(10)13/h6H,3-5H2,1-2H3,(H,11,12)/t6-/m0/s1. The molecule has 0 aromatic heterocycles. The van der Waals surface area contributed by atoms with Gasteiger partial charge in [0.2, 0.25) is 0 Å². The second-order valence-corrected chi connectivity index (χ2v) is 3.16. The molecule has 0 bridgehead atoms. The third-order valence-corrected chi connectivity index (χ3v) is 2.30. The van der Waals surface area contributed by atoms with Crippen LogP contribution < -0.4 is 0 Å². The summed E-state index contributed by atoms with van der Waals surface area (Å²) in [5, 5.41) is 8.83. The molecule has 0 aromatic carbocycles. The number of nitrogens with zero attached hydrogens (tertiary/aromatic N) is 2. The molecule has 1 fully saturated rings. The van der Waals surface area contributed by atoms with E-state index in [1.165, 1.54) is 9.80 Å². The minimum absolute atomic E-state index is 0.186. The van der Waals surface area contributed by atoms with E-state index >= 15 is 0 Å². The summed E-state index contributed by atoms with van der Waals surface area (Å²) < 4.78 is 0. The highest BCUT2D eigenvalue weighted by molar-refractivity contribution is 5.83. The Balaban J connectivity index is 2.71. The van der Waals surface area contributed by atoms with Gasteiger partial charge in [-0.15, -0.1) is 0 Å². The third kappa shape index (κ3) is 1.74. The van der Waals surface area contributed by atoms with Crippen LogP contribution >= 0.6 is 0 Å². The lowest BCUT2D eigenvalue weighted by Crippen LogP contribution is -2.42. The van der Waals surface area contributed by atoms with Crippen molar-refractivity contribution in [3.05, 3.63) is 0 Å². The Morgan fingerprint density at radius 2 is 2.23 bits per heavy atom. The zero-order valence-electron chi connectivity index (χ0n) is 7.86. The number of carboxylic acid groups (broad SMARTS) is 1. The van der Waals surface area contributed by atoms with Crippen molar-refractivity contribution in [2.75, 3.05) is 20.1 Å². The number of hydrogen-bond donors (Lipinski definition) is 1. The zero-order valence-corrected chi connectivity index (χ0v) is 7.86. The highest BCUT2D eigenvalue weighted by Crippen LogP contribution is 2.13. The van der Waals surface area contributed by atoms with Gasteiger partial charge in [0.25, 0.3) is 0 Å². The Morgan fingerprint density at radius 1 is 1.62 bits per heavy atom. The smallest absolute Gasteiger partial charge is 0.326 e. The molecule has 2 amide bonds. The molecule has 1 rings (SSSR count). The van der Waals surface area contributed by atoms with Gasteiger partial charge in [-0.2, -0.15) is 0 Å². The summed E-state index contributed by atoms with van der Waals surface area (Å²) in [7, 11) is 1.68. The van der Waals surface area contributed by atoms with E-state index < -0.39 is 12.0 Å². The zero-order chi connectivity index (χ0) is 10.0. The van der Waals surface area contributed by atoms with Gasteiger partial charge < -0.3 is 14.9 Å². The van der Waals surface area contributed by atoms with E-state index in [1.54, 1.807) is 14.0 Å². The van der Waals surface area contributed by atoms with Crippen LogP contribution in [0.2, 0.25) is 0 Å². The first-order valence-electron chi connectivity index (χ1n) is 4.32. The maximum absolute atomic E-state index is 11.4. The molecule has 0 spiro atoms. The lowest BCUT2D eigenvalue weighted by molar-refractivity contribution is -0.142. The number of aliphatic carboxylic acids is 1. The average Bonchev–Trinajstić information content (AvgIpc) is 2.37. The second-order valence-electron chi connectivity index (χ2n) is 3.16. The predicted molar refractivity (Wildman–Crippen MR) is 46.4 cm³/mol. The van der Waals surface area contributed by atoms with Crippen LogP contribution in [0.1, 0.15) is 13.3 Å². The lowest BCUT2D eigenvalue weighted by atomic mass is 10.2. The van der Waals surface area contributed by atoms with Gasteiger partial charge in [0.05, 0.1) is 0 Å². The number of carbonyl (C=O) groups is 2. The molecule has 5 heteroatoms. The minimum atomic E-state index is -0.925. The summed E-state index contributed by atoms with van der Waals surface area (Å²) in [6.07, 6.45) is 0.453. The summed E-state index contributed by atoms with van der Waals surface area (Å²) in [5.74, 6) is -0.925. The topological polar surface area (TPSA) is 60.9 Å². The number of urea groups is 1. The second kappa shape index (κ2) is 3.64. The number of rotatable bonds is 3. The van der Waals surface area contributed by atoms with Crippen molar-refractivity contribution in [2.24, 2.45) is 0 Å². The fourth-order valence-electron chi connectivity index (χ4n) is 1.49. The van der Waals surface area contributed by atoms with Crippen LogP contribution in [-0.2, 0) is 4.79 Å². The Labute approximate surface area is 76.9 Å². The van der Waals surface area contributed by atoms with Crippen LogP contribution in [0.25, 0.3) is 0 Å². The van der Waals surface area contributed by atoms with Gasteiger partial charge in [-0.25, -0.2) is 9.59 Å². The molecule has 0 unspecified atom stereocenters. The van der Waals surface area contributed by atoms with Gasteiger partial charge in [0, 0.05) is 20.1 Å². The van der Waals surface area contributed by atoms with Crippen molar-refractivity contribution in [3.63, 3.8) is 0 Å². The lowest BCUT2D eigenvalue weighted by Gasteiger charge is -2.22. The van der Waals surface area contributed by atoms with Crippen molar-refractivity contribution in [1.29, 1.82) is 0 Å². The number of carboxylic acids is 1. The van der Waals surface area contributed by atoms with E-state index in [0.717, 1.165) is 0 Å². The summed E-state index contributed by atoms with van der Waals surface area (Å²) in [4.78, 5) is 25.1. The minimum Gasteiger partial charge on any atom is -0.480 e. The largest absolute Gasteiger partial charge is 0.480 e. The highest BCUT2D eigenvalue weighted by Gasteiger charge is 2.34. The summed E-state index contributed by atoms with van der Waals surface area (Å²) in [5.41, 5.74) is 0. The van der Waals surface area contributed by atoms with Crippen molar-refractivity contribution in [2.45, 2.75) is 19.4 Å². The molecule has 0 radical (unpaired) electrons. The Morgan fingerprint density at radius 3 is 2.54 bits per heavy atom. The maximum atomic E-state index is 11.4. The van der Waals surface area contributed by atoms with E-state index in [4.69, 9.17) is 5.11 Å². The number of likely N-dealkylation sites (N-methyl/N-ethyl adjacent to an activating group) is 1. The van der Waals surface area contributed by atoms with Gasteiger partial charge in [0.1, 0.15) is 6.04 Å². The molecule has 0 saturated carbocycles. The molecule has 5 nitrogen and oxygen atoms in total. The van der Waals surface area contributed by atoms with Gasteiger partial charge in [0.15, 0.2) is 0 Å². The van der Waals surface area contributed by atoms with E-state index in [2.05, 4.69) is 0 Å². The summed E-state index contributed by atoms with van der Waals surface area (Å²) in [6.45, 7) is 2.90. The van der Waals surface area contributed by atoms with E-state index in [1.807, 2.05) is 0 Å². The normalized spacial score (nSPS) is 19.4. The van der Waals surface area contributed by atoms with E-state index in [-0.39, 0.29) is 6.03 Å². The fourth-order valence-corrected chi connectivity index (χ4v) is 1.49. The quantitative estimate of drug-likeness (QED) is 0.685. The van der Waals surface area contributed by atoms with Crippen LogP contribution in [0.3, 0.4) is 0 Å². The Hall–Kier alpha value is -1.26. The fraction of sp³-hybridized carbons (Fsp3) is 0.750. The van der Waals surface area contributed by atoms with Gasteiger partial charge in [-0.3, -0.25) is 0 Å². The number of carbonyl (C=O) groups excluding carboxylic acids is 1. The van der Waals surface area contributed by atoms with Gasteiger partial charge >= 0.3 is 12.0 Å². The van der Waals surface area contributed by atoms with Crippen LogP contribution in [0.5, 0.6) is 0 Å². The first-order chi connectivity index (χ1) is 6.07. The molecule has 1 atom stereocenters. The molecule has 1 N–H and O–H groups in total. The molecular formula is C8H14N2O3. The maximum Gasteiger partial charge on any atom is 0.326 e. The van der Waals surface area contributed by atoms with Gasteiger partial charge in [-0.05, 0) is 6.42 Å². The molecule has 0 aromatic rings.